The third-order valence-electron chi connectivity index (χ3n) is 5.86. The Morgan fingerprint density at radius 1 is 0.865 bits per heavy atom. The number of rotatable bonds is 7. The summed E-state index contributed by atoms with van der Waals surface area (Å²) < 4.78 is 33.3. The monoisotopic (exact) mass is 512 g/mol. The van der Waals surface area contributed by atoms with E-state index < -0.39 is 27.4 Å². The van der Waals surface area contributed by atoms with Crippen LogP contribution in [0, 0.1) is 0 Å². The van der Waals surface area contributed by atoms with Crippen molar-refractivity contribution in [2.75, 3.05) is 4.72 Å². The number of aromatic nitrogens is 1. The summed E-state index contributed by atoms with van der Waals surface area (Å²) in [5.41, 5.74) is -0.208. The van der Waals surface area contributed by atoms with Crippen molar-refractivity contribution in [1.29, 1.82) is 0 Å². The van der Waals surface area contributed by atoms with Gasteiger partial charge in [0, 0.05) is 11.8 Å². The van der Waals surface area contributed by atoms with Gasteiger partial charge in [-0.15, -0.1) is 0 Å². The van der Waals surface area contributed by atoms with Gasteiger partial charge in [-0.3, -0.25) is 9.52 Å². The van der Waals surface area contributed by atoms with Crippen LogP contribution < -0.4 is 10.3 Å². The van der Waals surface area contributed by atoms with Crippen LogP contribution in [0.3, 0.4) is 0 Å². The summed E-state index contributed by atoms with van der Waals surface area (Å²) in [5, 5.41) is 11.3. The molecule has 37 heavy (non-hydrogen) atoms. The highest BCUT2D eigenvalue weighted by molar-refractivity contribution is 7.92. The number of ketones is 1. The first-order chi connectivity index (χ1) is 17.8. The molecular weight excluding hydrogens is 492 g/mol. The van der Waals surface area contributed by atoms with E-state index in [2.05, 4.69) is 9.71 Å². The van der Waals surface area contributed by atoms with Crippen LogP contribution in [-0.2, 0) is 10.0 Å². The quantitative estimate of drug-likeness (QED) is 0.239. The Morgan fingerprint density at radius 3 is 2.24 bits per heavy atom. The van der Waals surface area contributed by atoms with E-state index in [1.54, 1.807) is 66.7 Å². The van der Waals surface area contributed by atoms with E-state index in [0.29, 0.717) is 10.9 Å². The predicted molar refractivity (Wildman–Crippen MR) is 138 cm³/mol. The van der Waals surface area contributed by atoms with Crippen LogP contribution in [0.15, 0.2) is 117 Å². The standard InChI is InChI=1S/C28H20N2O6S/c31-26(19-13-15-20(16-14-19)37(34,35)30-23-12-6-7-17-29-23)24(18-8-2-1-3-9-18)25-27(32)21-10-4-5-11-22(21)36-28(25)33/h1-17,24,32H,(H,29,30). The minimum absolute atomic E-state index is 0.0703. The van der Waals surface area contributed by atoms with E-state index in [1.807, 2.05) is 0 Å². The fourth-order valence-corrected chi connectivity index (χ4v) is 5.09. The average molecular weight is 513 g/mol. The van der Waals surface area contributed by atoms with Crippen molar-refractivity contribution in [3.63, 3.8) is 0 Å². The van der Waals surface area contributed by atoms with Gasteiger partial charge >= 0.3 is 5.63 Å². The molecule has 9 heteroatoms. The van der Waals surface area contributed by atoms with Crippen molar-refractivity contribution >= 4 is 32.6 Å². The molecule has 5 rings (SSSR count). The van der Waals surface area contributed by atoms with Crippen LogP contribution in [0.5, 0.6) is 5.75 Å². The normalized spacial score (nSPS) is 12.2. The van der Waals surface area contributed by atoms with Crippen LogP contribution in [0.2, 0.25) is 0 Å². The lowest BCUT2D eigenvalue weighted by Crippen LogP contribution is -2.22. The fourth-order valence-electron chi connectivity index (χ4n) is 4.08. The summed E-state index contributed by atoms with van der Waals surface area (Å²) >= 11 is 0. The van der Waals surface area contributed by atoms with Crippen LogP contribution in [0.1, 0.15) is 27.4 Å². The van der Waals surface area contributed by atoms with Gasteiger partial charge in [0.1, 0.15) is 17.2 Å². The van der Waals surface area contributed by atoms with Crippen molar-refractivity contribution < 1.29 is 22.7 Å². The van der Waals surface area contributed by atoms with Gasteiger partial charge in [0.05, 0.1) is 21.8 Å². The Balaban J connectivity index is 1.56. The Bertz CT molecular complexity index is 1750. The fraction of sp³-hybridized carbons (Fsp3) is 0.0357. The molecule has 0 aliphatic carbocycles. The zero-order valence-electron chi connectivity index (χ0n) is 19.2. The SMILES string of the molecule is O=C(c1ccc(S(=O)(=O)Nc2ccccn2)cc1)C(c1ccccc1)c1c(O)c2ccccc2oc1=O. The molecule has 0 aliphatic rings. The predicted octanol–water partition coefficient (Wildman–Crippen LogP) is 4.71. The lowest BCUT2D eigenvalue weighted by atomic mass is 9.84. The highest BCUT2D eigenvalue weighted by Gasteiger charge is 2.31. The lowest BCUT2D eigenvalue weighted by molar-refractivity contribution is 0.0971. The number of hydrogen-bond donors (Lipinski definition) is 2. The van der Waals surface area contributed by atoms with Gasteiger partial charge in [-0.25, -0.2) is 18.2 Å². The van der Waals surface area contributed by atoms with Crippen molar-refractivity contribution in [2.24, 2.45) is 0 Å². The molecule has 0 bridgehead atoms. The van der Waals surface area contributed by atoms with Crippen LogP contribution in [0.25, 0.3) is 11.0 Å². The number of nitrogens with one attached hydrogen (secondary N) is 1. The molecular formula is C28H20N2O6S. The van der Waals surface area contributed by atoms with E-state index in [9.17, 15) is 23.1 Å². The van der Waals surface area contributed by atoms with Gasteiger partial charge in [-0.2, -0.15) is 0 Å². The first-order valence-electron chi connectivity index (χ1n) is 11.2. The summed E-state index contributed by atoms with van der Waals surface area (Å²) in [4.78, 5) is 30.6. The van der Waals surface area contributed by atoms with Crippen LogP contribution >= 0.6 is 0 Å². The molecule has 2 aromatic heterocycles. The van der Waals surface area contributed by atoms with Gasteiger partial charge in [-0.1, -0.05) is 60.7 Å². The smallest absolute Gasteiger partial charge is 0.344 e. The van der Waals surface area contributed by atoms with Gasteiger partial charge in [0.15, 0.2) is 5.78 Å². The van der Waals surface area contributed by atoms with E-state index >= 15 is 0 Å². The average Bonchev–Trinajstić information content (AvgIpc) is 2.91. The second kappa shape index (κ2) is 9.71. The van der Waals surface area contributed by atoms with Gasteiger partial charge in [0.25, 0.3) is 10.0 Å². The second-order valence-corrected chi connectivity index (χ2v) is 9.88. The number of sulfonamides is 1. The minimum atomic E-state index is -3.95. The zero-order chi connectivity index (χ0) is 26.0. The number of aromatic hydroxyl groups is 1. The summed E-state index contributed by atoms with van der Waals surface area (Å²) in [5.74, 6) is -1.88. The molecule has 1 atom stereocenters. The molecule has 8 nitrogen and oxygen atoms in total. The Morgan fingerprint density at radius 2 is 1.54 bits per heavy atom. The number of carbonyl (C=O) groups is 1. The number of nitrogens with zero attached hydrogens (tertiary/aromatic N) is 1. The van der Waals surface area contributed by atoms with Crippen LogP contribution in [-0.4, -0.2) is 24.3 Å². The van der Waals surface area contributed by atoms with E-state index in [-0.39, 0.29) is 33.2 Å². The molecule has 0 saturated heterocycles. The molecule has 0 spiro atoms. The Labute approximate surface area is 211 Å². The van der Waals surface area contributed by atoms with Crippen molar-refractivity contribution in [1.82, 2.24) is 4.98 Å². The minimum Gasteiger partial charge on any atom is -0.507 e. The molecule has 3 aromatic carbocycles. The van der Waals surface area contributed by atoms with Crippen molar-refractivity contribution in [2.45, 2.75) is 10.8 Å². The molecule has 184 valence electrons. The molecule has 2 N–H and O–H groups in total. The number of benzene rings is 3. The number of carbonyl (C=O) groups excluding carboxylic acids is 1. The van der Waals surface area contributed by atoms with Gasteiger partial charge in [0.2, 0.25) is 0 Å². The van der Waals surface area contributed by atoms with Gasteiger partial charge in [-0.05, 0) is 42.0 Å². The second-order valence-electron chi connectivity index (χ2n) is 8.20. The largest absolute Gasteiger partial charge is 0.507 e. The van der Waals surface area contributed by atoms with Crippen LogP contribution in [0.4, 0.5) is 5.82 Å². The molecule has 0 saturated carbocycles. The number of Topliss-reactive ketones (excluding diaryl/α,β-unsaturated/α-hetero) is 1. The van der Waals surface area contributed by atoms with E-state index in [0.717, 1.165) is 0 Å². The van der Waals surface area contributed by atoms with Gasteiger partial charge < -0.3 is 9.52 Å². The zero-order valence-corrected chi connectivity index (χ0v) is 20.1. The lowest BCUT2D eigenvalue weighted by Gasteiger charge is -2.18. The number of fused-ring (bicyclic) bond motifs is 1. The summed E-state index contributed by atoms with van der Waals surface area (Å²) in [6.07, 6.45) is 1.46. The molecule has 2 heterocycles. The van der Waals surface area contributed by atoms with E-state index in [1.165, 1.54) is 36.5 Å². The van der Waals surface area contributed by atoms with E-state index in [4.69, 9.17) is 4.42 Å². The number of para-hydroxylation sites is 1. The first kappa shape index (κ1) is 24.0. The molecule has 5 aromatic rings. The molecule has 0 amide bonds. The van der Waals surface area contributed by atoms with Crippen molar-refractivity contribution in [3.05, 3.63) is 130 Å². The highest BCUT2D eigenvalue weighted by atomic mass is 32.2. The number of pyridine rings is 1. The maximum atomic E-state index is 13.8. The summed E-state index contributed by atoms with van der Waals surface area (Å²) in [7, 11) is -3.95. The molecule has 0 fully saturated rings. The summed E-state index contributed by atoms with van der Waals surface area (Å²) in [6, 6.07) is 25.2. The maximum absolute atomic E-state index is 13.8. The topological polar surface area (TPSA) is 127 Å². The molecule has 0 aliphatic heterocycles. The highest BCUT2D eigenvalue weighted by Crippen LogP contribution is 2.36. The third kappa shape index (κ3) is 4.72. The van der Waals surface area contributed by atoms with Crippen molar-refractivity contribution in [3.8, 4) is 5.75 Å². The first-order valence-corrected chi connectivity index (χ1v) is 12.7. The Hall–Kier alpha value is -4.76. The molecule has 0 radical (unpaired) electrons. The molecule has 1 unspecified atom stereocenters. The third-order valence-corrected chi connectivity index (χ3v) is 7.23. The maximum Gasteiger partial charge on any atom is 0.344 e. The number of anilines is 1. The summed E-state index contributed by atoms with van der Waals surface area (Å²) in [6.45, 7) is 0. The number of hydrogen-bond acceptors (Lipinski definition) is 7. The Kier molecular flexibility index (Phi) is 6.29.